The predicted molar refractivity (Wildman–Crippen MR) is 140 cm³/mol. The number of aromatic nitrogens is 8. The number of carbonyl (C=O) groups excluding carboxylic acids is 1. The summed E-state index contributed by atoms with van der Waals surface area (Å²) in [7, 11) is 4.85. The molecule has 190 valence electrons. The Hall–Kier alpha value is -4.32. The second-order valence-corrected chi connectivity index (χ2v) is 9.29. The number of pyridine rings is 1. The average molecular weight is 524 g/mol. The van der Waals surface area contributed by atoms with Crippen molar-refractivity contribution in [1.29, 1.82) is 0 Å². The maximum atomic E-state index is 13.5. The number of rotatable bonds is 5. The highest BCUT2D eigenvalue weighted by Gasteiger charge is 2.24. The molecule has 1 aromatic carbocycles. The lowest BCUT2D eigenvalue weighted by molar-refractivity contribution is 0.0824. The lowest BCUT2D eigenvalue weighted by Crippen LogP contribution is -2.26. The van der Waals surface area contributed by atoms with E-state index < -0.39 is 13.0 Å². The Labute approximate surface area is 220 Å². The second-order valence-electron chi connectivity index (χ2n) is 8.90. The number of anilines is 1. The van der Waals surface area contributed by atoms with Crippen LogP contribution in [-0.2, 0) is 14.0 Å². The van der Waals surface area contributed by atoms with E-state index in [0.29, 0.717) is 27.0 Å². The highest BCUT2D eigenvalue weighted by molar-refractivity contribution is 6.29. The summed E-state index contributed by atoms with van der Waals surface area (Å²) < 4.78 is 25.7. The number of hydrogen-bond acceptors (Lipinski definition) is 8. The van der Waals surface area contributed by atoms with Crippen LogP contribution in [0.3, 0.4) is 0 Å². The molecule has 5 rings (SSSR count). The molecule has 1 N–H and O–H groups in total. The SMILES string of the molecule is [2H]C([2H])([2H])n1nnc(-c2nc(Cl)ccc2NC(C)c2cc(C)cc3c(=O)n(C)c4c(C(=O)N(C)C)ncn4c23)n1. The van der Waals surface area contributed by atoms with Gasteiger partial charge in [-0.25, -0.2) is 9.97 Å². The summed E-state index contributed by atoms with van der Waals surface area (Å²) in [5.74, 6) is -0.355. The molecule has 4 aromatic heterocycles. The Morgan fingerprint density at radius 1 is 1.27 bits per heavy atom. The van der Waals surface area contributed by atoms with Gasteiger partial charge in [0.2, 0.25) is 5.82 Å². The predicted octanol–water partition coefficient (Wildman–Crippen LogP) is 2.61. The molecular weight excluding hydrogens is 496 g/mol. The van der Waals surface area contributed by atoms with Gasteiger partial charge in [-0.1, -0.05) is 17.7 Å². The summed E-state index contributed by atoms with van der Waals surface area (Å²) in [6, 6.07) is 6.57. The lowest BCUT2D eigenvalue weighted by Gasteiger charge is -2.21. The van der Waals surface area contributed by atoms with E-state index in [-0.39, 0.29) is 33.8 Å². The number of imidazole rings is 1. The molecule has 0 saturated carbocycles. The van der Waals surface area contributed by atoms with Crippen molar-refractivity contribution in [1.82, 2.24) is 44.0 Å². The maximum absolute atomic E-state index is 13.5. The van der Waals surface area contributed by atoms with Crippen LogP contribution >= 0.6 is 11.6 Å². The monoisotopic (exact) mass is 523 g/mol. The van der Waals surface area contributed by atoms with Crippen LogP contribution in [0, 0.1) is 6.92 Å². The molecule has 13 heteroatoms. The zero-order valence-electron chi connectivity index (χ0n) is 23.7. The Kier molecular flexibility index (Phi) is 5.05. The number of fused-ring (bicyclic) bond motifs is 3. The van der Waals surface area contributed by atoms with E-state index in [2.05, 4.69) is 30.7 Å². The van der Waals surface area contributed by atoms with Crippen LogP contribution in [0.4, 0.5) is 5.69 Å². The first kappa shape index (κ1) is 20.8. The van der Waals surface area contributed by atoms with Crippen LogP contribution in [0.15, 0.2) is 35.4 Å². The van der Waals surface area contributed by atoms with Crippen molar-refractivity contribution in [3.63, 3.8) is 0 Å². The molecule has 1 atom stereocenters. The van der Waals surface area contributed by atoms with E-state index in [1.807, 2.05) is 19.9 Å². The standard InChI is InChI=1S/C24H25ClN10O2/c1-12-9-14(13(2)27-16-7-8-17(25)28-18(16)21-29-31-34(6)30-21)20-15(10-12)23(36)33(5)22-19(24(37)32(3)4)26-11-35(20)22/h7-11,13,27H,1-6H3/i6D3. The third-order valence-electron chi connectivity index (χ3n) is 6.05. The van der Waals surface area contributed by atoms with Crippen LogP contribution in [0.5, 0.6) is 0 Å². The van der Waals surface area contributed by atoms with E-state index in [0.717, 1.165) is 11.1 Å². The summed E-state index contributed by atoms with van der Waals surface area (Å²) in [6.07, 6.45) is 1.53. The van der Waals surface area contributed by atoms with Crippen LogP contribution in [0.2, 0.25) is 5.15 Å². The van der Waals surface area contributed by atoms with Crippen molar-refractivity contribution in [2.75, 3.05) is 19.4 Å². The molecule has 0 aliphatic rings. The van der Waals surface area contributed by atoms with Crippen molar-refractivity contribution in [2.45, 2.75) is 19.9 Å². The number of nitrogens with one attached hydrogen (secondary N) is 1. The zero-order chi connectivity index (χ0) is 29.1. The topological polar surface area (TPSA) is 128 Å². The molecule has 0 aliphatic heterocycles. The van der Waals surface area contributed by atoms with Crippen LogP contribution in [-0.4, -0.2) is 64.0 Å². The first-order chi connectivity index (χ1) is 18.8. The average Bonchev–Trinajstić information content (AvgIpc) is 3.55. The lowest BCUT2D eigenvalue weighted by atomic mass is 10.0. The molecule has 0 spiro atoms. The van der Waals surface area contributed by atoms with Gasteiger partial charge in [-0.3, -0.25) is 18.6 Å². The number of carbonyl (C=O) groups is 1. The molecule has 12 nitrogen and oxygen atoms in total. The first-order valence-corrected chi connectivity index (χ1v) is 11.6. The van der Waals surface area contributed by atoms with E-state index in [9.17, 15) is 9.59 Å². The van der Waals surface area contributed by atoms with Gasteiger partial charge in [0.25, 0.3) is 11.5 Å². The van der Waals surface area contributed by atoms with E-state index in [4.69, 9.17) is 15.7 Å². The Bertz CT molecular complexity index is 1860. The van der Waals surface area contributed by atoms with Crippen molar-refractivity contribution in [2.24, 2.45) is 14.0 Å². The van der Waals surface area contributed by atoms with Crippen LogP contribution < -0.4 is 10.9 Å². The fraction of sp³-hybridized carbons (Fsp3) is 0.292. The fourth-order valence-corrected chi connectivity index (χ4v) is 4.52. The molecule has 0 fully saturated rings. The fourth-order valence-electron chi connectivity index (χ4n) is 4.38. The third kappa shape index (κ3) is 4.08. The number of hydrogen-bond donors (Lipinski definition) is 1. The number of tetrazole rings is 1. The third-order valence-corrected chi connectivity index (χ3v) is 6.26. The van der Waals surface area contributed by atoms with Crippen molar-refractivity contribution < 1.29 is 8.91 Å². The highest BCUT2D eigenvalue weighted by atomic mass is 35.5. The number of amides is 1. The summed E-state index contributed by atoms with van der Waals surface area (Å²) >= 11 is 6.15. The number of aryl methyl sites for hydroxylation is 3. The van der Waals surface area contributed by atoms with Gasteiger partial charge in [-0.05, 0) is 48.4 Å². The molecule has 4 heterocycles. The van der Waals surface area contributed by atoms with Crippen LogP contribution in [0.25, 0.3) is 28.1 Å². The van der Waals surface area contributed by atoms with Gasteiger partial charge >= 0.3 is 0 Å². The Morgan fingerprint density at radius 3 is 2.76 bits per heavy atom. The van der Waals surface area contributed by atoms with Gasteiger partial charge in [0.15, 0.2) is 11.3 Å². The van der Waals surface area contributed by atoms with Gasteiger partial charge in [-0.2, -0.15) is 4.80 Å². The van der Waals surface area contributed by atoms with Crippen molar-refractivity contribution >= 4 is 39.7 Å². The maximum Gasteiger partial charge on any atom is 0.275 e. The largest absolute Gasteiger partial charge is 0.377 e. The number of nitrogens with zero attached hydrogens (tertiary/aromatic N) is 9. The minimum Gasteiger partial charge on any atom is -0.377 e. The Morgan fingerprint density at radius 2 is 2.05 bits per heavy atom. The molecule has 37 heavy (non-hydrogen) atoms. The van der Waals surface area contributed by atoms with E-state index >= 15 is 0 Å². The van der Waals surface area contributed by atoms with Crippen molar-refractivity contribution in [3.05, 3.63) is 62.9 Å². The summed E-state index contributed by atoms with van der Waals surface area (Å²) in [4.78, 5) is 37.0. The second kappa shape index (κ2) is 8.96. The Balaban J connectivity index is 1.67. The number of benzene rings is 1. The number of halogens is 1. The molecule has 0 radical (unpaired) electrons. The quantitative estimate of drug-likeness (QED) is 0.348. The smallest absolute Gasteiger partial charge is 0.275 e. The van der Waals surface area contributed by atoms with Gasteiger partial charge in [0, 0.05) is 25.3 Å². The first-order valence-electron chi connectivity index (χ1n) is 12.7. The minimum absolute atomic E-state index is 0.0277. The molecule has 5 aromatic rings. The van der Waals surface area contributed by atoms with Crippen LogP contribution in [0.1, 0.15) is 38.7 Å². The summed E-state index contributed by atoms with van der Waals surface area (Å²) in [5.41, 5.74) is 3.11. The highest BCUT2D eigenvalue weighted by Crippen LogP contribution is 2.32. The molecule has 1 amide bonds. The van der Waals surface area contributed by atoms with Gasteiger partial charge in [-0.15, -0.1) is 10.2 Å². The van der Waals surface area contributed by atoms with E-state index in [1.165, 1.54) is 15.8 Å². The van der Waals surface area contributed by atoms with Gasteiger partial charge in [0.1, 0.15) is 17.2 Å². The normalized spacial score (nSPS) is 13.8. The van der Waals surface area contributed by atoms with Gasteiger partial charge < -0.3 is 10.2 Å². The van der Waals surface area contributed by atoms with E-state index in [1.54, 1.807) is 43.7 Å². The molecular formula is C24H25ClN10O2. The molecule has 0 bridgehead atoms. The molecule has 0 saturated heterocycles. The van der Waals surface area contributed by atoms with Gasteiger partial charge in [0.05, 0.1) is 29.6 Å². The van der Waals surface area contributed by atoms with Crippen molar-refractivity contribution in [3.8, 4) is 11.5 Å². The molecule has 0 aliphatic carbocycles. The minimum atomic E-state index is -2.61. The summed E-state index contributed by atoms with van der Waals surface area (Å²) in [6.45, 7) is 1.17. The molecule has 1 unspecified atom stereocenters. The zero-order valence-corrected chi connectivity index (χ0v) is 21.4. The summed E-state index contributed by atoms with van der Waals surface area (Å²) in [5, 5.41) is 15.4.